The lowest BCUT2D eigenvalue weighted by atomic mass is 10.0. The van der Waals surface area contributed by atoms with Gasteiger partial charge in [-0.05, 0) is 31.0 Å². The minimum atomic E-state index is -0.190. The lowest BCUT2D eigenvalue weighted by Gasteiger charge is -2.19. The van der Waals surface area contributed by atoms with Crippen LogP contribution in [0.2, 0.25) is 10.0 Å². The minimum Gasteiger partial charge on any atom is -0.396 e. The Morgan fingerprint density at radius 2 is 1.94 bits per heavy atom. The summed E-state index contributed by atoms with van der Waals surface area (Å²) in [6, 6.07) is 4.81. The number of rotatable bonds is 3. The molecule has 98 valence electrons. The van der Waals surface area contributed by atoms with E-state index in [4.69, 9.17) is 23.2 Å². The van der Waals surface area contributed by atoms with E-state index < -0.39 is 0 Å². The highest BCUT2D eigenvalue weighted by Gasteiger charge is 2.28. The summed E-state index contributed by atoms with van der Waals surface area (Å²) in [4.78, 5) is 12.1. The minimum absolute atomic E-state index is 0.0419. The molecule has 0 spiro atoms. The summed E-state index contributed by atoms with van der Waals surface area (Å²) >= 11 is 11.7. The molecule has 2 unspecified atom stereocenters. The van der Waals surface area contributed by atoms with Crippen LogP contribution in [0.4, 0.5) is 0 Å². The van der Waals surface area contributed by atoms with Crippen molar-refractivity contribution >= 4 is 29.1 Å². The summed E-state index contributed by atoms with van der Waals surface area (Å²) in [5.41, 5.74) is 0.455. The van der Waals surface area contributed by atoms with E-state index in [0.717, 1.165) is 19.3 Å². The van der Waals surface area contributed by atoms with E-state index in [-0.39, 0.29) is 24.5 Å². The van der Waals surface area contributed by atoms with Crippen molar-refractivity contribution in [3.8, 4) is 0 Å². The summed E-state index contributed by atoms with van der Waals surface area (Å²) in [7, 11) is 0. The molecule has 1 aromatic carbocycles. The first-order valence-corrected chi connectivity index (χ1v) is 6.73. The summed E-state index contributed by atoms with van der Waals surface area (Å²) in [6.07, 6.45) is 2.90. The zero-order valence-electron chi connectivity index (χ0n) is 9.83. The zero-order chi connectivity index (χ0) is 13.1. The molecule has 1 saturated carbocycles. The SMILES string of the molecule is O=C(NC1CCCC1CO)c1cc(Cl)cc(Cl)c1. The van der Waals surface area contributed by atoms with Gasteiger partial charge < -0.3 is 10.4 Å². The van der Waals surface area contributed by atoms with Crippen molar-refractivity contribution in [1.29, 1.82) is 0 Å². The third-order valence-electron chi connectivity index (χ3n) is 3.33. The van der Waals surface area contributed by atoms with Crippen molar-refractivity contribution in [1.82, 2.24) is 5.32 Å². The van der Waals surface area contributed by atoms with E-state index >= 15 is 0 Å². The molecule has 0 saturated heterocycles. The van der Waals surface area contributed by atoms with Crippen molar-refractivity contribution in [2.45, 2.75) is 25.3 Å². The summed E-state index contributed by atoms with van der Waals surface area (Å²) in [5, 5.41) is 13.0. The predicted molar refractivity (Wildman–Crippen MR) is 72.1 cm³/mol. The van der Waals surface area contributed by atoms with E-state index in [9.17, 15) is 9.90 Å². The molecule has 0 aliphatic heterocycles. The number of halogens is 2. The molecule has 1 aliphatic carbocycles. The number of hydrogen-bond donors (Lipinski definition) is 2. The van der Waals surface area contributed by atoms with Gasteiger partial charge in [0.15, 0.2) is 0 Å². The highest BCUT2D eigenvalue weighted by atomic mass is 35.5. The first-order valence-electron chi connectivity index (χ1n) is 5.98. The standard InChI is InChI=1S/C13H15Cl2NO2/c14-10-4-9(5-11(15)6-10)13(18)16-12-3-1-2-8(12)7-17/h4-6,8,12,17H,1-3,7H2,(H,16,18). The Hall–Kier alpha value is -0.770. The molecule has 0 aromatic heterocycles. The Balaban J connectivity index is 2.07. The molecule has 2 atom stereocenters. The molecule has 1 fully saturated rings. The van der Waals surface area contributed by atoms with E-state index in [0.29, 0.717) is 15.6 Å². The number of benzene rings is 1. The lowest BCUT2D eigenvalue weighted by Crippen LogP contribution is -2.38. The molecular formula is C13H15Cl2NO2. The van der Waals surface area contributed by atoms with Crippen LogP contribution in [0.1, 0.15) is 29.6 Å². The summed E-state index contributed by atoms with van der Waals surface area (Å²) in [5.74, 6) is -0.0339. The lowest BCUT2D eigenvalue weighted by molar-refractivity contribution is 0.0916. The molecule has 1 aromatic rings. The Kier molecular flexibility index (Phi) is 4.49. The van der Waals surface area contributed by atoms with Gasteiger partial charge in [-0.1, -0.05) is 29.6 Å². The van der Waals surface area contributed by atoms with E-state index in [1.807, 2.05) is 0 Å². The Morgan fingerprint density at radius 3 is 2.56 bits per heavy atom. The molecule has 2 rings (SSSR count). The molecule has 0 radical (unpaired) electrons. The van der Waals surface area contributed by atoms with Gasteiger partial charge in [0.2, 0.25) is 0 Å². The van der Waals surface area contributed by atoms with Crippen LogP contribution in [0.25, 0.3) is 0 Å². The largest absolute Gasteiger partial charge is 0.396 e. The predicted octanol–water partition coefficient (Wildman–Crippen LogP) is 2.88. The number of aliphatic hydroxyl groups is 1. The second-order valence-corrected chi connectivity index (χ2v) is 5.48. The van der Waals surface area contributed by atoms with Gasteiger partial charge in [0.25, 0.3) is 5.91 Å². The topological polar surface area (TPSA) is 49.3 Å². The molecule has 5 heteroatoms. The maximum absolute atomic E-state index is 12.1. The zero-order valence-corrected chi connectivity index (χ0v) is 11.3. The maximum Gasteiger partial charge on any atom is 0.251 e. The fourth-order valence-corrected chi connectivity index (χ4v) is 2.91. The molecule has 2 N–H and O–H groups in total. The van der Waals surface area contributed by atoms with Gasteiger partial charge in [0.05, 0.1) is 0 Å². The van der Waals surface area contributed by atoms with Crippen LogP contribution in [0, 0.1) is 5.92 Å². The molecule has 0 heterocycles. The average molecular weight is 288 g/mol. The van der Waals surface area contributed by atoms with Crippen LogP contribution in [0.5, 0.6) is 0 Å². The van der Waals surface area contributed by atoms with E-state index in [1.165, 1.54) is 0 Å². The van der Waals surface area contributed by atoms with Crippen LogP contribution < -0.4 is 5.32 Å². The monoisotopic (exact) mass is 287 g/mol. The number of hydrogen-bond acceptors (Lipinski definition) is 2. The van der Waals surface area contributed by atoms with Crippen molar-refractivity contribution in [2.24, 2.45) is 5.92 Å². The molecule has 3 nitrogen and oxygen atoms in total. The second-order valence-electron chi connectivity index (χ2n) is 4.61. The van der Waals surface area contributed by atoms with Crippen LogP contribution in [0.15, 0.2) is 18.2 Å². The molecule has 1 amide bonds. The van der Waals surface area contributed by atoms with Crippen molar-refractivity contribution < 1.29 is 9.90 Å². The smallest absolute Gasteiger partial charge is 0.251 e. The summed E-state index contributed by atoms with van der Waals surface area (Å²) in [6.45, 7) is 0.112. The van der Waals surface area contributed by atoms with Gasteiger partial charge in [0.1, 0.15) is 0 Å². The molecular weight excluding hydrogens is 273 g/mol. The number of nitrogens with one attached hydrogen (secondary N) is 1. The van der Waals surface area contributed by atoms with E-state index in [1.54, 1.807) is 18.2 Å². The Morgan fingerprint density at radius 1 is 1.28 bits per heavy atom. The number of amides is 1. The highest BCUT2D eigenvalue weighted by molar-refractivity contribution is 6.35. The number of carbonyl (C=O) groups is 1. The quantitative estimate of drug-likeness (QED) is 0.898. The summed E-state index contributed by atoms with van der Waals surface area (Å²) < 4.78 is 0. The van der Waals surface area contributed by atoms with Gasteiger partial charge in [0, 0.05) is 34.2 Å². The maximum atomic E-state index is 12.1. The van der Waals surface area contributed by atoms with Gasteiger partial charge in [-0.25, -0.2) is 0 Å². The van der Waals surface area contributed by atoms with Gasteiger partial charge in [-0.2, -0.15) is 0 Å². The number of aliphatic hydroxyl groups excluding tert-OH is 1. The fourth-order valence-electron chi connectivity index (χ4n) is 2.38. The number of carbonyl (C=O) groups excluding carboxylic acids is 1. The van der Waals surface area contributed by atoms with Crippen LogP contribution >= 0.6 is 23.2 Å². The Bertz CT molecular complexity index is 430. The highest BCUT2D eigenvalue weighted by Crippen LogP contribution is 2.26. The van der Waals surface area contributed by atoms with Crippen LogP contribution in [-0.2, 0) is 0 Å². The second kappa shape index (κ2) is 5.91. The van der Waals surface area contributed by atoms with Gasteiger partial charge in [-0.15, -0.1) is 0 Å². The van der Waals surface area contributed by atoms with Crippen molar-refractivity contribution in [3.63, 3.8) is 0 Å². The average Bonchev–Trinajstić information content (AvgIpc) is 2.75. The normalized spacial score (nSPS) is 23.1. The molecule has 18 heavy (non-hydrogen) atoms. The third-order valence-corrected chi connectivity index (χ3v) is 3.77. The van der Waals surface area contributed by atoms with E-state index in [2.05, 4.69) is 5.32 Å². The Labute approximate surface area is 116 Å². The van der Waals surface area contributed by atoms with Gasteiger partial charge in [-0.3, -0.25) is 4.79 Å². The molecule has 1 aliphatic rings. The van der Waals surface area contributed by atoms with Gasteiger partial charge >= 0.3 is 0 Å². The first-order chi connectivity index (χ1) is 8.60. The first kappa shape index (κ1) is 13.7. The third kappa shape index (κ3) is 3.16. The van der Waals surface area contributed by atoms with Crippen molar-refractivity contribution in [3.05, 3.63) is 33.8 Å². The van der Waals surface area contributed by atoms with Crippen molar-refractivity contribution in [2.75, 3.05) is 6.61 Å². The fraction of sp³-hybridized carbons (Fsp3) is 0.462. The van der Waals surface area contributed by atoms with Crippen LogP contribution in [-0.4, -0.2) is 23.7 Å². The molecule has 0 bridgehead atoms. The van der Waals surface area contributed by atoms with Crippen LogP contribution in [0.3, 0.4) is 0 Å².